The Morgan fingerprint density at radius 2 is 2.41 bits per heavy atom. The average molecular weight is 237 g/mol. The number of hydrogen-bond donors (Lipinski definition) is 2. The molecule has 2 N–H and O–H groups in total. The second kappa shape index (κ2) is 4.92. The summed E-state index contributed by atoms with van der Waals surface area (Å²) in [5.41, 5.74) is 0. The van der Waals surface area contributed by atoms with Crippen molar-refractivity contribution in [3.8, 4) is 0 Å². The Hall–Kier alpha value is -1.29. The number of aliphatic hydroxyl groups is 1. The fourth-order valence-electron chi connectivity index (χ4n) is 1.93. The van der Waals surface area contributed by atoms with E-state index in [4.69, 9.17) is 9.52 Å². The molecule has 2 rings (SSSR count). The third-order valence-electron chi connectivity index (χ3n) is 3.55. The molecule has 0 saturated heterocycles. The lowest BCUT2D eigenvalue weighted by Crippen LogP contribution is -2.39. The number of aliphatic hydroxyl groups excluding tert-OH is 1. The Labute approximate surface area is 101 Å². The third-order valence-corrected chi connectivity index (χ3v) is 3.55. The Balaban J connectivity index is 1.83. The summed E-state index contributed by atoms with van der Waals surface area (Å²) >= 11 is 0. The minimum atomic E-state index is 0.00495. The van der Waals surface area contributed by atoms with Gasteiger partial charge in [-0.2, -0.15) is 0 Å². The standard InChI is InChI=1S/C13H19NO3/c1-8(7-15)9(2)14-13(16)11-6-10(11)12-4-3-5-17-12/h3-5,8-11,15H,6-7H2,1-2H3,(H,14,16). The van der Waals surface area contributed by atoms with Crippen LogP contribution < -0.4 is 5.32 Å². The summed E-state index contributed by atoms with van der Waals surface area (Å²) in [7, 11) is 0. The molecule has 0 radical (unpaired) electrons. The van der Waals surface area contributed by atoms with Crippen molar-refractivity contribution in [2.45, 2.75) is 32.2 Å². The van der Waals surface area contributed by atoms with Gasteiger partial charge in [-0.05, 0) is 31.4 Å². The number of amides is 1. The van der Waals surface area contributed by atoms with Crippen LogP contribution in [0.5, 0.6) is 0 Å². The molecular formula is C13H19NO3. The second-order valence-corrected chi connectivity index (χ2v) is 4.92. The monoisotopic (exact) mass is 237 g/mol. The van der Waals surface area contributed by atoms with Gasteiger partial charge in [0, 0.05) is 24.5 Å². The van der Waals surface area contributed by atoms with Crippen molar-refractivity contribution in [3.05, 3.63) is 24.2 Å². The highest BCUT2D eigenvalue weighted by molar-refractivity contribution is 5.82. The number of carbonyl (C=O) groups is 1. The van der Waals surface area contributed by atoms with Gasteiger partial charge in [0.1, 0.15) is 5.76 Å². The van der Waals surface area contributed by atoms with Crippen molar-refractivity contribution in [2.24, 2.45) is 11.8 Å². The maximum atomic E-state index is 11.9. The van der Waals surface area contributed by atoms with Crippen LogP contribution in [0.3, 0.4) is 0 Å². The van der Waals surface area contributed by atoms with Crippen LogP contribution in [-0.4, -0.2) is 23.7 Å². The summed E-state index contributed by atoms with van der Waals surface area (Å²) in [6.45, 7) is 3.93. The molecule has 0 spiro atoms. The SMILES string of the molecule is CC(CO)C(C)NC(=O)C1CC1c1ccco1. The van der Waals surface area contributed by atoms with Gasteiger partial charge in [-0.1, -0.05) is 6.92 Å². The minimum absolute atomic E-state index is 0.00495. The highest BCUT2D eigenvalue weighted by Gasteiger charge is 2.46. The zero-order valence-corrected chi connectivity index (χ0v) is 10.2. The predicted molar refractivity (Wildman–Crippen MR) is 63.4 cm³/mol. The Bertz CT molecular complexity index is 374. The van der Waals surface area contributed by atoms with Crippen LogP contribution in [0.15, 0.2) is 22.8 Å². The zero-order valence-electron chi connectivity index (χ0n) is 10.2. The van der Waals surface area contributed by atoms with Crippen molar-refractivity contribution >= 4 is 5.91 Å². The number of nitrogens with one attached hydrogen (secondary N) is 1. The molecule has 1 heterocycles. The molecule has 4 unspecified atom stereocenters. The van der Waals surface area contributed by atoms with Gasteiger partial charge in [0.05, 0.1) is 6.26 Å². The summed E-state index contributed by atoms with van der Waals surface area (Å²) in [6, 6.07) is 3.77. The van der Waals surface area contributed by atoms with Gasteiger partial charge in [0.2, 0.25) is 5.91 Å². The maximum absolute atomic E-state index is 11.9. The van der Waals surface area contributed by atoms with E-state index in [-0.39, 0.29) is 36.3 Å². The van der Waals surface area contributed by atoms with Crippen LogP contribution in [0, 0.1) is 11.8 Å². The fourth-order valence-corrected chi connectivity index (χ4v) is 1.93. The van der Waals surface area contributed by atoms with Crippen LogP contribution >= 0.6 is 0 Å². The molecule has 1 fully saturated rings. The van der Waals surface area contributed by atoms with E-state index in [9.17, 15) is 4.79 Å². The van der Waals surface area contributed by atoms with E-state index < -0.39 is 0 Å². The molecule has 1 aliphatic rings. The van der Waals surface area contributed by atoms with E-state index in [2.05, 4.69) is 5.32 Å². The maximum Gasteiger partial charge on any atom is 0.224 e. The fraction of sp³-hybridized carbons (Fsp3) is 0.615. The molecule has 0 aromatic carbocycles. The van der Waals surface area contributed by atoms with E-state index >= 15 is 0 Å². The predicted octanol–water partition coefficient (Wildman–Crippen LogP) is 1.52. The third kappa shape index (κ3) is 2.69. The van der Waals surface area contributed by atoms with Gasteiger partial charge in [-0.3, -0.25) is 4.79 Å². The number of hydrogen-bond acceptors (Lipinski definition) is 3. The van der Waals surface area contributed by atoms with Gasteiger partial charge >= 0.3 is 0 Å². The molecule has 4 atom stereocenters. The van der Waals surface area contributed by atoms with Crippen LogP contribution in [0.25, 0.3) is 0 Å². The van der Waals surface area contributed by atoms with Gasteiger partial charge in [-0.25, -0.2) is 0 Å². The van der Waals surface area contributed by atoms with Crippen LogP contribution in [0.2, 0.25) is 0 Å². The van der Waals surface area contributed by atoms with E-state index in [1.54, 1.807) is 6.26 Å². The van der Waals surface area contributed by atoms with Crippen LogP contribution in [0.4, 0.5) is 0 Å². The van der Waals surface area contributed by atoms with E-state index in [0.29, 0.717) is 0 Å². The van der Waals surface area contributed by atoms with E-state index in [0.717, 1.165) is 12.2 Å². The highest BCUT2D eigenvalue weighted by Crippen LogP contribution is 2.47. The Morgan fingerprint density at radius 1 is 1.65 bits per heavy atom. The van der Waals surface area contributed by atoms with Gasteiger partial charge < -0.3 is 14.8 Å². The molecule has 1 aromatic heterocycles. The molecule has 0 bridgehead atoms. The second-order valence-electron chi connectivity index (χ2n) is 4.92. The molecule has 94 valence electrons. The normalized spacial score (nSPS) is 26.3. The molecule has 1 saturated carbocycles. The van der Waals surface area contributed by atoms with Gasteiger partial charge in [-0.15, -0.1) is 0 Å². The Morgan fingerprint density at radius 3 is 3.00 bits per heavy atom. The Kier molecular flexibility index (Phi) is 3.52. The van der Waals surface area contributed by atoms with Crippen molar-refractivity contribution in [1.82, 2.24) is 5.32 Å². The minimum Gasteiger partial charge on any atom is -0.469 e. The molecule has 1 aliphatic carbocycles. The molecule has 17 heavy (non-hydrogen) atoms. The molecule has 4 heteroatoms. The summed E-state index contributed by atoms with van der Waals surface area (Å²) in [5.74, 6) is 1.32. The summed E-state index contributed by atoms with van der Waals surface area (Å²) < 4.78 is 5.29. The molecule has 0 aliphatic heterocycles. The smallest absolute Gasteiger partial charge is 0.224 e. The zero-order chi connectivity index (χ0) is 12.4. The van der Waals surface area contributed by atoms with Crippen molar-refractivity contribution in [3.63, 3.8) is 0 Å². The first-order valence-electron chi connectivity index (χ1n) is 6.08. The molecule has 1 aromatic rings. The first-order chi connectivity index (χ1) is 8.13. The van der Waals surface area contributed by atoms with Crippen molar-refractivity contribution < 1.29 is 14.3 Å². The molecule has 1 amide bonds. The molecular weight excluding hydrogens is 218 g/mol. The average Bonchev–Trinajstić information content (AvgIpc) is 2.95. The largest absolute Gasteiger partial charge is 0.469 e. The van der Waals surface area contributed by atoms with Crippen molar-refractivity contribution in [1.29, 1.82) is 0 Å². The van der Waals surface area contributed by atoms with Crippen molar-refractivity contribution in [2.75, 3.05) is 6.61 Å². The lowest BCUT2D eigenvalue weighted by molar-refractivity contribution is -0.123. The van der Waals surface area contributed by atoms with Crippen LogP contribution in [-0.2, 0) is 4.79 Å². The summed E-state index contributed by atoms with van der Waals surface area (Å²) in [4.78, 5) is 11.9. The lowest BCUT2D eigenvalue weighted by Gasteiger charge is -2.19. The quantitative estimate of drug-likeness (QED) is 0.816. The topological polar surface area (TPSA) is 62.5 Å². The number of furan rings is 1. The highest BCUT2D eigenvalue weighted by atomic mass is 16.3. The van der Waals surface area contributed by atoms with Gasteiger partial charge in [0.15, 0.2) is 0 Å². The summed E-state index contributed by atoms with van der Waals surface area (Å²) in [5, 5.41) is 12.0. The lowest BCUT2D eigenvalue weighted by atomic mass is 10.0. The first-order valence-corrected chi connectivity index (χ1v) is 6.08. The summed E-state index contributed by atoms with van der Waals surface area (Å²) in [6.07, 6.45) is 2.50. The number of rotatable bonds is 5. The number of carbonyl (C=O) groups excluding carboxylic acids is 1. The van der Waals surface area contributed by atoms with Gasteiger partial charge in [0.25, 0.3) is 0 Å². The van der Waals surface area contributed by atoms with Crippen LogP contribution in [0.1, 0.15) is 31.9 Å². The molecule has 4 nitrogen and oxygen atoms in total. The van der Waals surface area contributed by atoms with E-state index in [1.165, 1.54) is 0 Å². The van der Waals surface area contributed by atoms with E-state index in [1.807, 2.05) is 26.0 Å². The first kappa shape index (κ1) is 12.2.